The van der Waals surface area contributed by atoms with Crippen molar-refractivity contribution in [3.05, 3.63) is 53.6 Å². The molecule has 0 aromatic heterocycles. The Morgan fingerprint density at radius 2 is 1.69 bits per heavy atom. The molecular weight excluding hydrogens is 428 g/mol. The summed E-state index contributed by atoms with van der Waals surface area (Å²) >= 11 is 0. The molecule has 8 nitrogen and oxygen atoms in total. The van der Waals surface area contributed by atoms with Crippen LogP contribution in [0.4, 0.5) is 11.4 Å². The zero-order valence-electron chi connectivity index (χ0n) is 18.4. The first-order valence-electron chi connectivity index (χ1n) is 10.8. The predicted octanol–water partition coefficient (Wildman–Crippen LogP) is 3.02. The first kappa shape index (κ1) is 23.6. The average molecular weight is 459 g/mol. The number of carbonyl (C=O) groups is 2. The van der Waals surface area contributed by atoms with Crippen LogP contribution in [0.1, 0.15) is 48.5 Å². The Kier molecular flexibility index (Phi) is 7.74. The molecule has 1 aliphatic rings. The van der Waals surface area contributed by atoms with E-state index in [4.69, 9.17) is 0 Å². The van der Waals surface area contributed by atoms with Gasteiger partial charge in [0.1, 0.15) is 0 Å². The number of carbonyl (C=O) groups excluding carboxylic acids is 2. The SMILES string of the molecule is CC(=O)NCCNC(=O)c1cc(NC2CCCC2)cc(S(=O)(=O)Nc2ccccc2C)c1. The van der Waals surface area contributed by atoms with E-state index in [1.807, 2.05) is 19.1 Å². The molecule has 2 aromatic carbocycles. The van der Waals surface area contributed by atoms with E-state index in [1.165, 1.54) is 13.0 Å². The normalized spacial score (nSPS) is 14.1. The maximum absolute atomic E-state index is 13.1. The molecular formula is C23H30N4O4S. The van der Waals surface area contributed by atoms with Crippen LogP contribution in [0.2, 0.25) is 0 Å². The summed E-state index contributed by atoms with van der Waals surface area (Å²) in [5.74, 6) is -0.588. The summed E-state index contributed by atoms with van der Waals surface area (Å²) in [6.45, 7) is 3.76. The largest absolute Gasteiger partial charge is 0.382 e. The summed E-state index contributed by atoms with van der Waals surface area (Å²) in [6, 6.07) is 12.0. The van der Waals surface area contributed by atoms with E-state index in [9.17, 15) is 18.0 Å². The standard InChI is InChI=1S/C23H30N4O4S/c1-16-7-3-6-10-22(16)27-32(30,31)21-14-18(23(29)25-12-11-24-17(2)28)13-20(15-21)26-19-8-4-5-9-19/h3,6-7,10,13-15,19,26-27H,4-5,8-9,11-12H2,1-2H3,(H,24,28)(H,25,29). The van der Waals surface area contributed by atoms with Gasteiger partial charge in [0.2, 0.25) is 5.91 Å². The van der Waals surface area contributed by atoms with Crippen LogP contribution < -0.4 is 20.7 Å². The number of para-hydroxylation sites is 1. The number of anilines is 2. The smallest absolute Gasteiger partial charge is 0.262 e. The molecule has 1 fully saturated rings. The molecule has 0 aliphatic heterocycles. The van der Waals surface area contributed by atoms with E-state index in [1.54, 1.807) is 24.3 Å². The highest BCUT2D eigenvalue weighted by Gasteiger charge is 2.21. The lowest BCUT2D eigenvalue weighted by Crippen LogP contribution is -2.33. The van der Waals surface area contributed by atoms with Gasteiger partial charge < -0.3 is 16.0 Å². The molecule has 0 saturated heterocycles. The van der Waals surface area contributed by atoms with E-state index >= 15 is 0 Å². The van der Waals surface area contributed by atoms with Gasteiger partial charge in [-0.05, 0) is 49.6 Å². The fourth-order valence-electron chi connectivity index (χ4n) is 3.68. The molecule has 4 N–H and O–H groups in total. The van der Waals surface area contributed by atoms with Gasteiger partial charge in [-0.15, -0.1) is 0 Å². The third-order valence-electron chi connectivity index (χ3n) is 5.38. The summed E-state index contributed by atoms with van der Waals surface area (Å²) in [5, 5.41) is 8.70. The highest BCUT2D eigenvalue weighted by molar-refractivity contribution is 7.92. The minimum absolute atomic E-state index is 0.00996. The van der Waals surface area contributed by atoms with E-state index < -0.39 is 15.9 Å². The Bertz CT molecular complexity index is 1080. The number of amides is 2. The molecule has 0 atom stereocenters. The highest BCUT2D eigenvalue weighted by Crippen LogP contribution is 2.27. The molecule has 0 unspecified atom stereocenters. The monoisotopic (exact) mass is 458 g/mol. The van der Waals surface area contributed by atoms with E-state index in [0.29, 0.717) is 17.9 Å². The zero-order valence-corrected chi connectivity index (χ0v) is 19.2. The Hall–Kier alpha value is -3.07. The number of hydrogen-bond acceptors (Lipinski definition) is 5. The van der Waals surface area contributed by atoms with Crippen LogP contribution >= 0.6 is 0 Å². The second-order valence-corrected chi connectivity index (χ2v) is 9.71. The first-order chi connectivity index (χ1) is 15.2. The summed E-state index contributed by atoms with van der Waals surface area (Å²) in [4.78, 5) is 23.7. The molecule has 3 rings (SSSR count). The summed E-state index contributed by atoms with van der Waals surface area (Å²) < 4.78 is 28.9. The average Bonchev–Trinajstić information content (AvgIpc) is 3.25. The van der Waals surface area contributed by atoms with Crippen LogP contribution in [-0.2, 0) is 14.8 Å². The lowest BCUT2D eigenvalue weighted by Gasteiger charge is -2.17. The Balaban J connectivity index is 1.86. The molecule has 172 valence electrons. The van der Waals surface area contributed by atoms with Gasteiger partial charge in [-0.1, -0.05) is 31.0 Å². The predicted molar refractivity (Wildman–Crippen MR) is 125 cm³/mol. The van der Waals surface area contributed by atoms with Gasteiger partial charge in [-0.3, -0.25) is 14.3 Å². The van der Waals surface area contributed by atoms with Gasteiger partial charge in [-0.25, -0.2) is 8.42 Å². The van der Waals surface area contributed by atoms with Gasteiger partial charge in [0.25, 0.3) is 15.9 Å². The molecule has 0 radical (unpaired) electrons. The van der Waals surface area contributed by atoms with Crippen molar-refractivity contribution in [2.45, 2.75) is 50.5 Å². The zero-order chi connectivity index (χ0) is 23.1. The quantitative estimate of drug-likeness (QED) is 0.431. The Morgan fingerprint density at radius 1 is 1.00 bits per heavy atom. The molecule has 1 aliphatic carbocycles. The Morgan fingerprint density at radius 3 is 2.38 bits per heavy atom. The van der Waals surface area contributed by atoms with E-state index in [2.05, 4.69) is 20.7 Å². The van der Waals surface area contributed by atoms with Crippen molar-refractivity contribution < 1.29 is 18.0 Å². The van der Waals surface area contributed by atoms with Crippen molar-refractivity contribution in [2.75, 3.05) is 23.1 Å². The lowest BCUT2D eigenvalue weighted by atomic mass is 10.1. The van der Waals surface area contributed by atoms with Crippen molar-refractivity contribution in [3.8, 4) is 0 Å². The number of rotatable bonds is 9. The van der Waals surface area contributed by atoms with E-state index in [-0.39, 0.29) is 29.0 Å². The molecule has 0 spiro atoms. The summed E-state index contributed by atoms with van der Waals surface area (Å²) in [5.41, 5.74) is 2.12. The summed E-state index contributed by atoms with van der Waals surface area (Å²) in [7, 11) is -3.91. The Labute approximate surface area is 189 Å². The van der Waals surface area contributed by atoms with Crippen LogP contribution in [0.5, 0.6) is 0 Å². The molecule has 2 aromatic rings. The third-order valence-corrected chi connectivity index (χ3v) is 6.72. The maximum atomic E-state index is 13.1. The minimum Gasteiger partial charge on any atom is -0.382 e. The molecule has 9 heteroatoms. The molecule has 0 heterocycles. The highest BCUT2D eigenvalue weighted by atomic mass is 32.2. The molecule has 0 bridgehead atoms. The number of aryl methyl sites for hydroxylation is 1. The van der Waals surface area contributed by atoms with Crippen LogP contribution in [0, 0.1) is 6.92 Å². The van der Waals surface area contributed by atoms with Gasteiger partial charge in [0, 0.05) is 37.3 Å². The fourth-order valence-corrected chi connectivity index (χ4v) is 4.88. The second kappa shape index (κ2) is 10.5. The van der Waals surface area contributed by atoms with Crippen molar-refractivity contribution in [1.82, 2.24) is 10.6 Å². The first-order valence-corrected chi connectivity index (χ1v) is 12.3. The second-order valence-electron chi connectivity index (χ2n) is 8.03. The van der Waals surface area contributed by atoms with Gasteiger partial charge in [-0.2, -0.15) is 0 Å². The number of hydrogen-bond donors (Lipinski definition) is 4. The number of benzene rings is 2. The van der Waals surface area contributed by atoms with Crippen LogP contribution in [0.3, 0.4) is 0 Å². The lowest BCUT2D eigenvalue weighted by molar-refractivity contribution is -0.118. The maximum Gasteiger partial charge on any atom is 0.262 e. The molecule has 2 amide bonds. The molecule has 32 heavy (non-hydrogen) atoms. The van der Waals surface area contributed by atoms with Crippen molar-refractivity contribution >= 4 is 33.2 Å². The van der Waals surface area contributed by atoms with Crippen LogP contribution in [0.15, 0.2) is 47.4 Å². The molecule has 1 saturated carbocycles. The van der Waals surface area contributed by atoms with Crippen molar-refractivity contribution in [1.29, 1.82) is 0 Å². The third kappa shape index (κ3) is 6.46. The van der Waals surface area contributed by atoms with Crippen molar-refractivity contribution in [3.63, 3.8) is 0 Å². The van der Waals surface area contributed by atoms with E-state index in [0.717, 1.165) is 31.2 Å². The number of sulfonamides is 1. The van der Waals surface area contributed by atoms with Crippen molar-refractivity contribution in [2.24, 2.45) is 0 Å². The topological polar surface area (TPSA) is 116 Å². The summed E-state index contributed by atoms with van der Waals surface area (Å²) in [6.07, 6.45) is 4.27. The van der Waals surface area contributed by atoms with Crippen LogP contribution in [-0.4, -0.2) is 39.4 Å². The minimum atomic E-state index is -3.91. The van der Waals surface area contributed by atoms with Gasteiger partial charge >= 0.3 is 0 Å². The van der Waals surface area contributed by atoms with Gasteiger partial charge in [0.05, 0.1) is 10.6 Å². The fraction of sp³-hybridized carbons (Fsp3) is 0.391. The van der Waals surface area contributed by atoms with Gasteiger partial charge in [0.15, 0.2) is 0 Å². The number of nitrogens with one attached hydrogen (secondary N) is 4. The van der Waals surface area contributed by atoms with Crippen LogP contribution in [0.25, 0.3) is 0 Å².